The summed E-state index contributed by atoms with van der Waals surface area (Å²) in [6.07, 6.45) is 3.63. The van der Waals surface area contributed by atoms with Crippen LogP contribution in [0.3, 0.4) is 0 Å². The Morgan fingerprint density at radius 3 is 2.77 bits per heavy atom. The van der Waals surface area contributed by atoms with Gasteiger partial charge in [0.1, 0.15) is 12.1 Å². The Hall–Kier alpha value is -4.26. The third-order valence-electron chi connectivity index (χ3n) is 8.48. The number of fused-ring (bicyclic) bond motifs is 1. The van der Waals surface area contributed by atoms with Crippen LogP contribution >= 0.6 is 0 Å². The number of rotatable bonds is 6. The number of aliphatic hydroxyl groups excluding tert-OH is 1. The molecule has 2 aromatic rings. The van der Waals surface area contributed by atoms with Gasteiger partial charge in [-0.05, 0) is 61.4 Å². The summed E-state index contributed by atoms with van der Waals surface area (Å²) in [5, 5.41) is 28.8. The number of hydrogen-bond donors (Lipinski definition) is 7. The second kappa shape index (κ2) is 10.0. The lowest BCUT2D eigenvalue weighted by Gasteiger charge is -2.43. The van der Waals surface area contributed by atoms with Crippen molar-refractivity contribution in [1.82, 2.24) is 31.0 Å². The Bertz CT molecular complexity index is 1390. The minimum Gasteiger partial charge on any atom is -0.385 e. The summed E-state index contributed by atoms with van der Waals surface area (Å²) in [4.78, 5) is 35.8. The fraction of sp³-hybridized carbons (Fsp3) is 0.481. The standard InChI is InChI=1S/C27H34N10O3/c1-2-15-10-11-18(36-35-15)24(40)30-12-19-21-27(34-25(28)33-21)22(38)20(13-37(27)26(29)32-19)31-23(39)17-9-5-7-14-6-3-4-8-16(14)17/h5,7,9-11,19-22,38H,2-4,6,8,12-13H2,1H3,(H2,29,32)(H,30,40)(H,31,39)(H3,28,33,34)/p+1/t19-,20?,21-,22+,27?/m0/s1. The Kier molecular flexibility index (Phi) is 6.53. The Labute approximate surface area is 231 Å². The molecule has 1 fully saturated rings. The first-order chi connectivity index (χ1) is 19.3. The van der Waals surface area contributed by atoms with Crippen molar-refractivity contribution in [2.75, 3.05) is 13.1 Å². The third-order valence-corrected chi connectivity index (χ3v) is 8.48. The van der Waals surface area contributed by atoms with Crippen LogP contribution in [0.2, 0.25) is 0 Å². The summed E-state index contributed by atoms with van der Waals surface area (Å²) in [5.74, 6) is -0.195. The topological polar surface area (TPSA) is 198 Å². The molecule has 40 heavy (non-hydrogen) atoms. The lowest BCUT2D eigenvalue weighted by atomic mass is 9.87. The predicted octanol–water partition coefficient (Wildman–Crippen LogP) is -3.12. The van der Waals surface area contributed by atoms with Gasteiger partial charge in [0.05, 0.1) is 11.7 Å². The first kappa shape index (κ1) is 26.0. The number of nitrogens with one attached hydrogen (secondary N) is 4. The van der Waals surface area contributed by atoms with Crippen molar-refractivity contribution in [3.05, 3.63) is 58.4 Å². The second-order valence-electron chi connectivity index (χ2n) is 10.8. The first-order valence-electron chi connectivity index (χ1n) is 13.8. The van der Waals surface area contributed by atoms with Gasteiger partial charge in [-0.3, -0.25) is 20.3 Å². The molecular formula is C27H35N10O3+. The summed E-state index contributed by atoms with van der Waals surface area (Å²) in [5.41, 5.74) is 15.3. The van der Waals surface area contributed by atoms with Crippen molar-refractivity contribution in [3.8, 4) is 0 Å². The fourth-order valence-corrected chi connectivity index (χ4v) is 6.49. The summed E-state index contributed by atoms with van der Waals surface area (Å²) in [7, 11) is 0. The SMILES string of the molecule is CCc1ccc(C(=O)NC[C@@H]2N=C(N)N3CC(NC(=O)c4cccc5c4CCCC5)[C@@H](O)C34NC(N)=[NH+][C@@H]24)nn1. The number of aryl methyl sites for hydroxylation is 2. The quantitative estimate of drug-likeness (QED) is 0.196. The number of amides is 2. The highest BCUT2D eigenvalue weighted by atomic mass is 16.3. The summed E-state index contributed by atoms with van der Waals surface area (Å²) < 4.78 is 0. The molecule has 0 saturated carbocycles. The zero-order chi connectivity index (χ0) is 28.0. The molecule has 13 heteroatoms. The van der Waals surface area contributed by atoms with E-state index in [4.69, 9.17) is 11.5 Å². The van der Waals surface area contributed by atoms with Gasteiger partial charge in [-0.1, -0.05) is 19.1 Å². The maximum Gasteiger partial charge on any atom is 0.343 e. The van der Waals surface area contributed by atoms with E-state index in [1.807, 2.05) is 19.1 Å². The molecule has 0 radical (unpaired) electrons. The van der Waals surface area contributed by atoms with Gasteiger partial charge >= 0.3 is 5.96 Å². The first-order valence-corrected chi connectivity index (χ1v) is 13.8. The largest absolute Gasteiger partial charge is 0.385 e. The number of aliphatic imine (C=N–C) groups is 1. The van der Waals surface area contributed by atoms with Crippen LogP contribution < -0.4 is 32.4 Å². The van der Waals surface area contributed by atoms with Crippen LogP contribution in [0, 0.1) is 0 Å². The normalized spacial score (nSPS) is 28.4. The molecular weight excluding hydrogens is 512 g/mol. The molecule has 1 aromatic heterocycles. The average molecular weight is 548 g/mol. The molecule has 5 atom stereocenters. The molecule has 0 bridgehead atoms. The molecule has 1 aromatic carbocycles. The van der Waals surface area contributed by atoms with Crippen LogP contribution in [0.4, 0.5) is 0 Å². The minimum atomic E-state index is -1.16. The van der Waals surface area contributed by atoms with Gasteiger partial charge in [0, 0.05) is 18.7 Å². The highest BCUT2D eigenvalue weighted by Gasteiger charge is 2.68. The molecule has 1 aliphatic carbocycles. The van der Waals surface area contributed by atoms with E-state index < -0.39 is 35.8 Å². The second-order valence-corrected chi connectivity index (χ2v) is 10.8. The summed E-state index contributed by atoms with van der Waals surface area (Å²) >= 11 is 0. The van der Waals surface area contributed by atoms with E-state index in [0.717, 1.165) is 43.4 Å². The van der Waals surface area contributed by atoms with Gasteiger partial charge in [-0.25, -0.2) is 10.3 Å². The van der Waals surface area contributed by atoms with Crippen molar-refractivity contribution in [3.63, 3.8) is 0 Å². The fourth-order valence-electron chi connectivity index (χ4n) is 6.49. The highest BCUT2D eigenvalue weighted by molar-refractivity contribution is 5.96. The van der Waals surface area contributed by atoms with E-state index in [1.54, 1.807) is 17.0 Å². The number of hydrogen-bond acceptors (Lipinski definition) is 10. The number of carbonyl (C=O) groups excluding carboxylic acids is 2. The number of benzene rings is 1. The molecule has 4 aliphatic rings. The average Bonchev–Trinajstić information content (AvgIpc) is 3.47. The number of aliphatic hydroxyl groups is 1. The van der Waals surface area contributed by atoms with E-state index in [9.17, 15) is 14.7 Å². The van der Waals surface area contributed by atoms with Crippen LogP contribution in [-0.2, 0) is 19.3 Å². The van der Waals surface area contributed by atoms with Crippen molar-refractivity contribution < 1.29 is 19.7 Å². The smallest absolute Gasteiger partial charge is 0.343 e. The van der Waals surface area contributed by atoms with Crippen molar-refractivity contribution in [2.45, 2.75) is 68.9 Å². The zero-order valence-electron chi connectivity index (χ0n) is 22.4. The molecule has 1 saturated heterocycles. The Balaban J connectivity index is 1.20. The van der Waals surface area contributed by atoms with Gasteiger partial charge in [-0.15, -0.1) is 5.10 Å². The minimum absolute atomic E-state index is 0.110. The lowest BCUT2D eigenvalue weighted by molar-refractivity contribution is -0.513. The van der Waals surface area contributed by atoms with Gasteiger partial charge in [0.2, 0.25) is 5.66 Å². The Morgan fingerprint density at radius 2 is 2.00 bits per heavy atom. The van der Waals surface area contributed by atoms with Gasteiger partial charge < -0.3 is 26.4 Å². The van der Waals surface area contributed by atoms with Crippen LogP contribution in [-0.4, -0.2) is 86.9 Å². The van der Waals surface area contributed by atoms with Crippen LogP contribution in [0.1, 0.15) is 57.4 Å². The van der Waals surface area contributed by atoms with Crippen molar-refractivity contribution in [2.24, 2.45) is 16.5 Å². The lowest BCUT2D eigenvalue weighted by Crippen LogP contribution is -2.88. The third kappa shape index (κ3) is 4.21. The number of carbonyl (C=O) groups is 2. The zero-order valence-corrected chi connectivity index (χ0v) is 22.4. The maximum absolute atomic E-state index is 13.4. The molecule has 2 unspecified atom stereocenters. The molecule has 4 heterocycles. The van der Waals surface area contributed by atoms with E-state index in [2.05, 4.69) is 42.2 Å². The highest BCUT2D eigenvalue weighted by Crippen LogP contribution is 2.35. The number of guanidine groups is 2. The van der Waals surface area contributed by atoms with Gasteiger partial charge in [0.15, 0.2) is 17.7 Å². The van der Waals surface area contributed by atoms with E-state index in [0.29, 0.717) is 5.56 Å². The van der Waals surface area contributed by atoms with Gasteiger partial charge in [-0.2, -0.15) is 5.10 Å². The number of nitrogens with two attached hydrogens (primary N) is 2. The van der Waals surface area contributed by atoms with E-state index in [1.165, 1.54) is 5.56 Å². The molecule has 6 rings (SSSR count). The predicted molar refractivity (Wildman–Crippen MR) is 146 cm³/mol. The molecule has 2 amide bonds. The van der Waals surface area contributed by atoms with Crippen molar-refractivity contribution in [1.29, 1.82) is 0 Å². The Morgan fingerprint density at radius 1 is 1.18 bits per heavy atom. The molecule has 9 N–H and O–H groups in total. The van der Waals surface area contributed by atoms with Crippen LogP contribution in [0.15, 0.2) is 35.3 Å². The van der Waals surface area contributed by atoms with Crippen molar-refractivity contribution >= 4 is 23.7 Å². The van der Waals surface area contributed by atoms with E-state index >= 15 is 0 Å². The molecule has 3 aliphatic heterocycles. The number of aromatic nitrogens is 2. The van der Waals surface area contributed by atoms with Crippen LogP contribution in [0.5, 0.6) is 0 Å². The summed E-state index contributed by atoms with van der Waals surface area (Å²) in [6, 6.07) is 7.45. The monoisotopic (exact) mass is 547 g/mol. The number of nitrogens with zero attached hydrogens (tertiary/aromatic N) is 4. The molecule has 13 nitrogen and oxygen atoms in total. The van der Waals surface area contributed by atoms with Gasteiger partial charge in [0.25, 0.3) is 11.8 Å². The van der Waals surface area contributed by atoms with Crippen LogP contribution in [0.25, 0.3) is 0 Å². The van der Waals surface area contributed by atoms with E-state index in [-0.39, 0.29) is 36.6 Å². The summed E-state index contributed by atoms with van der Waals surface area (Å²) in [6.45, 7) is 2.30. The molecule has 210 valence electrons. The maximum atomic E-state index is 13.4. The molecule has 1 spiro atoms.